The summed E-state index contributed by atoms with van der Waals surface area (Å²) in [5.41, 5.74) is 0.159. The Kier molecular flexibility index (Phi) is 4.53. The number of nitrogens with zero attached hydrogens (tertiary/aromatic N) is 1. The van der Waals surface area contributed by atoms with Gasteiger partial charge in [-0.15, -0.1) is 11.3 Å². The molecule has 0 bridgehead atoms. The van der Waals surface area contributed by atoms with Gasteiger partial charge in [-0.25, -0.2) is 4.98 Å². The second-order valence-corrected chi connectivity index (χ2v) is 5.49. The van der Waals surface area contributed by atoms with Crippen molar-refractivity contribution in [2.24, 2.45) is 0 Å². The lowest BCUT2D eigenvalue weighted by Gasteiger charge is -2.05. The maximum atomic E-state index is 12.1. The van der Waals surface area contributed by atoms with Crippen LogP contribution in [0, 0.1) is 0 Å². The minimum absolute atomic E-state index is 0.156. The predicted octanol–water partition coefficient (Wildman–Crippen LogP) is 2.04. The zero-order valence-electron chi connectivity index (χ0n) is 11.9. The van der Waals surface area contributed by atoms with E-state index in [-0.39, 0.29) is 24.7 Å². The summed E-state index contributed by atoms with van der Waals surface area (Å²) in [4.78, 5) is 28.6. The van der Waals surface area contributed by atoms with Crippen molar-refractivity contribution in [3.8, 4) is 10.6 Å². The van der Waals surface area contributed by atoms with Gasteiger partial charge in [0.2, 0.25) is 5.91 Å². The molecule has 0 aromatic carbocycles. The molecule has 0 radical (unpaired) electrons. The Morgan fingerprint density at radius 1 is 1.17 bits per heavy atom. The van der Waals surface area contributed by atoms with E-state index in [1.54, 1.807) is 12.1 Å². The van der Waals surface area contributed by atoms with Crippen LogP contribution in [0.3, 0.4) is 0 Å². The zero-order valence-corrected chi connectivity index (χ0v) is 12.8. The number of rotatable bonds is 6. The minimum atomic E-state index is -0.463. The van der Waals surface area contributed by atoms with Crippen molar-refractivity contribution in [2.45, 2.75) is 6.54 Å². The number of aromatic nitrogens is 1. The number of furan rings is 1. The molecule has 0 unspecified atom stereocenters. The van der Waals surface area contributed by atoms with E-state index in [2.05, 4.69) is 15.6 Å². The van der Waals surface area contributed by atoms with Gasteiger partial charge in [0.25, 0.3) is 5.91 Å². The Bertz CT molecular complexity index is 778. The average Bonchev–Trinajstić information content (AvgIpc) is 3.31. The Morgan fingerprint density at radius 3 is 2.83 bits per heavy atom. The van der Waals surface area contributed by atoms with Crippen LogP contribution in [-0.4, -0.2) is 23.3 Å². The molecule has 2 N–H and O–H groups in total. The fraction of sp³-hybridized carbons (Fsp3) is 0.133. The number of carbonyl (C=O) groups excluding carboxylic acids is 2. The lowest BCUT2D eigenvalue weighted by atomic mass is 10.3. The number of hydrogen-bond donors (Lipinski definition) is 2. The molecule has 3 aromatic heterocycles. The summed E-state index contributed by atoms with van der Waals surface area (Å²) in [6.45, 7) is 0.113. The molecule has 0 aliphatic carbocycles. The van der Waals surface area contributed by atoms with E-state index in [4.69, 9.17) is 8.83 Å². The molecule has 0 atom stereocenters. The summed E-state index contributed by atoms with van der Waals surface area (Å²) in [6.07, 6.45) is 2.74. The third-order valence-corrected chi connectivity index (χ3v) is 3.85. The summed E-state index contributed by atoms with van der Waals surface area (Å²) < 4.78 is 10.4. The highest BCUT2D eigenvalue weighted by atomic mass is 32.1. The minimum Gasteiger partial charge on any atom is -0.467 e. The maximum absolute atomic E-state index is 12.1. The van der Waals surface area contributed by atoms with Crippen molar-refractivity contribution in [2.75, 3.05) is 6.54 Å². The lowest BCUT2D eigenvalue weighted by Crippen LogP contribution is -2.36. The number of oxazole rings is 1. The lowest BCUT2D eigenvalue weighted by molar-refractivity contribution is -0.120. The molecule has 23 heavy (non-hydrogen) atoms. The molecule has 0 saturated carbocycles. The largest absolute Gasteiger partial charge is 0.467 e. The Hall–Kier alpha value is -2.87. The molecule has 0 aliphatic rings. The van der Waals surface area contributed by atoms with Gasteiger partial charge in [-0.3, -0.25) is 9.59 Å². The van der Waals surface area contributed by atoms with E-state index in [1.807, 2.05) is 17.5 Å². The first-order chi connectivity index (χ1) is 11.2. The van der Waals surface area contributed by atoms with E-state index >= 15 is 0 Å². The van der Waals surface area contributed by atoms with Crippen LogP contribution in [0.2, 0.25) is 0 Å². The molecule has 3 heterocycles. The van der Waals surface area contributed by atoms with Crippen molar-refractivity contribution in [3.05, 3.63) is 53.8 Å². The normalized spacial score (nSPS) is 10.4. The Morgan fingerprint density at radius 2 is 2.09 bits per heavy atom. The first-order valence-electron chi connectivity index (χ1n) is 6.78. The molecule has 0 saturated heterocycles. The average molecular weight is 331 g/mol. The van der Waals surface area contributed by atoms with Crippen molar-refractivity contribution in [1.82, 2.24) is 15.6 Å². The quantitative estimate of drug-likeness (QED) is 0.720. The fourth-order valence-corrected chi connectivity index (χ4v) is 2.61. The number of thiophene rings is 1. The van der Waals surface area contributed by atoms with Gasteiger partial charge in [-0.1, -0.05) is 6.07 Å². The van der Waals surface area contributed by atoms with Gasteiger partial charge in [0.15, 0.2) is 17.8 Å². The first kappa shape index (κ1) is 15.0. The highest BCUT2D eigenvalue weighted by molar-refractivity contribution is 7.13. The Balaban J connectivity index is 1.54. The van der Waals surface area contributed by atoms with Gasteiger partial charge in [-0.05, 0) is 23.6 Å². The van der Waals surface area contributed by atoms with Crippen LogP contribution in [0.4, 0.5) is 0 Å². The summed E-state index contributed by atoms with van der Waals surface area (Å²) >= 11 is 1.44. The second-order valence-electron chi connectivity index (χ2n) is 4.55. The molecular weight excluding hydrogens is 318 g/mol. The van der Waals surface area contributed by atoms with Crippen LogP contribution in [0.1, 0.15) is 16.2 Å². The first-order valence-corrected chi connectivity index (χ1v) is 7.66. The monoisotopic (exact) mass is 331 g/mol. The highest BCUT2D eigenvalue weighted by Gasteiger charge is 2.19. The van der Waals surface area contributed by atoms with Crippen molar-refractivity contribution < 1.29 is 18.4 Å². The van der Waals surface area contributed by atoms with E-state index in [0.717, 1.165) is 4.88 Å². The molecule has 3 rings (SSSR count). The van der Waals surface area contributed by atoms with E-state index < -0.39 is 5.91 Å². The van der Waals surface area contributed by atoms with E-state index in [9.17, 15) is 9.59 Å². The van der Waals surface area contributed by atoms with E-state index in [1.165, 1.54) is 24.0 Å². The SMILES string of the molecule is O=C(CNC(=O)c1ncoc1-c1cccs1)NCc1ccco1. The summed E-state index contributed by atoms with van der Waals surface area (Å²) in [5.74, 6) is 0.251. The predicted molar refractivity (Wildman–Crippen MR) is 82.7 cm³/mol. The molecule has 0 spiro atoms. The fourth-order valence-electron chi connectivity index (χ4n) is 1.90. The van der Waals surface area contributed by atoms with Crippen LogP contribution in [0.15, 0.2) is 51.1 Å². The third-order valence-electron chi connectivity index (χ3n) is 2.98. The van der Waals surface area contributed by atoms with Gasteiger partial charge >= 0.3 is 0 Å². The molecule has 3 aromatic rings. The van der Waals surface area contributed by atoms with Crippen LogP contribution in [0.25, 0.3) is 10.6 Å². The van der Waals surface area contributed by atoms with Crippen molar-refractivity contribution in [3.63, 3.8) is 0 Å². The summed E-state index contributed by atoms with van der Waals surface area (Å²) in [6, 6.07) is 7.17. The van der Waals surface area contributed by atoms with Crippen LogP contribution < -0.4 is 10.6 Å². The maximum Gasteiger partial charge on any atom is 0.274 e. The van der Waals surface area contributed by atoms with Crippen molar-refractivity contribution in [1.29, 1.82) is 0 Å². The zero-order chi connectivity index (χ0) is 16.1. The topological polar surface area (TPSA) is 97.4 Å². The molecule has 118 valence electrons. The number of carbonyl (C=O) groups is 2. The van der Waals surface area contributed by atoms with Gasteiger partial charge < -0.3 is 19.5 Å². The van der Waals surface area contributed by atoms with Crippen LogP contribution in [0.5, 0.6) is 0 Å². The molecule has 0 fully saturated rings. The van der Waals surface area contributed by atoms with Gasteiger partial charge in [0.1, 0.15) is 5.76 Å². The summed E-state index contributed by atoms with van der Waals surface area (Å²) in [5, 5.41) is 7.03. The number of nitrogens with one attached hydrogen (secondary N) is 2. The Labute approximate surface area is 135 Å². The van der Waals surface area contributed by atoms with Gasteiger partial charge in [0.05, 0.1) is 24.2 Å². The van der Waals surface area contributed by atoms with Crippen molar-refractivity contribution >= 4 is 23.2 Å². The molecule has 7 nitrogen and oxygen atoms in total. The molecule has 0 aliphatic heterocycles. The van der Waals surface area contributed by atoms with Gasteiger partial charge in [-0.2, -0.15) is 0 Å². The smallest absolute Gasteiger partial charge is 0.274 e. The number of hydrogen-bond acceptors (Lipinski definition) is 6. The third kappa shape index (κ3) is 3.67. The summed E-state index contributed by atoms with van der Waals surface area (Å²) in [7, 11) is 0. The highest BCUT2D eigenvalue weighted by Crippen LogP contribution is 2.27. The standard InChI is InChI=1S/C15H13N3O4S/c19-12(16-7-10-3-1-5-21-10)8-17-15(20)13-14(22-9-18-13)11-4-2-6-23-11/h1-6,9H,7-8H2,(H,16,19)(H,17,20). The molecule has 2 amide bonds. The molecule has 8 heteroatoms. The van der Waals surface area contributed by atoms with Crippen LogP contribution >= 0.6 is 11.3 Å². The molecular formula is C15H13N3O4S. The second kappa shape index (κ2) is 6.93. The number of amides is 2. The van der Waals surface area contributed by atoms with Gasteiger partial charge in [0, 0.05) is 0 Å². The van der Waals surface area contributed by atoms with E-state index in [0.29, 0.717) is 11.5 Å². The van der Waals surface area contributed by atoms with Crippen LogP contribution in [-0.2, 0) is 11.3 Å².